The minimum absolute atomic E-state index is 0.354. The van der Waals surface area contributed by atoms with Crippen LogP contribution in [0.15, 0.2) is 18.2 Å². The summed E-state index contributed by atoms with van der Waals surface area (Å²) >= 11 is 0. The summed E-state index contributed by atoms with van der Waals surface area (Å²) in [5.41, 5.74) is 1.04. The van der Waals surface area contributed by atoms with Crippen LogP contribution in [0.25, 0.3) is 0 Å². The van der Waals surface area contributed by atoms with Gasteiger partial charge in [0.25, 0.3) is 0 Å². The van der Waals surface area contributed by atoms with Crippen molar-refractivity contribution in [2.45, 2.75) is 32.4 Å². The second kappa shape index (κ2) is 8.10. The van der Waals surface area contributed by atoms with Gasteiger partial charge in [-0.05, 0) is 32.4 Å². The highest BCUT2D eigenvalue weighted by Gasteiger charge is 2.16. The molecule has 1 saturated heterocycles. The first kappa shape index (κ1) is 15.9. The van der Waals surface area contributed by atoms with Gasteiger partial charge in [0.05, 0.1) is 26.9 Å². The SMILES string of the molecule is CCOc1ccc(NC(C)CC2COCCN2)cc1OC. The molecule has 0 saturated carbocycles. The molecule has 1 aliphatic heterocycles. The normalized spacial score (nSPS) is 19.9. The standard InChI is InChI=1S/C16H26N2O3/c1-4-21-15-6-5-13(10-16(15)19-3)18-12(2)9-14-11-20-8-7-17-14/h5-6,10,12,14,17-18H,4,7-9,11H2,1-3H3. The topological polar surface area (TPSA) is 51.8 Å². The monoisotopic (exact) mass is 294 g/mol. The van der Waals surface area contributed by atoms with E-state index in [1.54, 1.807) is 7.11 Å². The van der Waals surface area contributed by atoms with E-state index in [1.807, 2.05) is 25.1 Å². The smallest absolute Gasteiger partial charge is 0.162 e. The van der Waals surface area contributed by atoms with E-state index >= 15 is 0 Å². The third-order valence-electron chi connectivity index (χ3n) is 3.51. The van der Waals surface area contributed by atoms with Crippen molar-refractivity contribution in [2.24, 2.45) is 0 Å². The van der Waals surface area contributed by atoms with Crippen molar-refractivity contribution in [3.05, 3.63) is 18.2 Å². The van der Waals surface area contributed by atoms with Crippen LogP contribution in [-0.4, -0.2) is 45.6 Å². The first-order valence-electron chi connectivity index (χ1n) is 7.61. The van der Waals surface area contributed by atoms with Crippen molar-refractivity contribution in [3.63, 3.8) is 0 Å². The van der Waals surface area contributed by atoms with Crippen molar-refractivity contribution in [3.8, 4) is 11.5 Å². The second-order valence-corrected chi connectivity index (χ2v) is 5.31. The Labute approximate surface area is 127 Å². The first-order chi connectivity index (χ1) is 10.2. The number of benzene rings is 1. The van der Waals surface area contributed by atoms with Gasteiger partial charge >= 0.3 is 0 Å². The van der Waals surface area contributed by atoms with E-state index in [1.165, 1.54) is 0 Å². The fourth-order valence-electron chi connectivity index (χ4n) is 2.57. The molecule has 21 heavy (non-hydrogen) atoms. The van der Waals surface area contributed by atoms with E-state index in [-0.39, 0.29) is 0 Å². The van der Waals surface area contributed by atoms with Gasteiger partial charge in [-0.25, -0.2) is 0 Å². The summed E-state index contributed by atoms with van der Waals surface area (Å²) in [5, 5.41) is 6.98. The second-order valence-electron chi connectivity index (χ2n) is 5.31. The molecule has 0 aliphatic carbocycles. The predicted octanol–water partition coefficient (Wildman–Crippen LogP) is 2.27. The number of methoxy groups -OCH3 is 1. The number of ether oxygens (including phenoxy) is 3. The minimum Gasteiger partial charge on any atom is -0.493 e. The molecule has 1 heterocycles. The molecule has 0 amide bonds. The number of morpholine rings is 1. The number of anilines is 1. The maximum absolute atomic E-state index is 5.53. The molecule has 5 nitrogen and oxygen atoms in total. The third-order valence-corrected chi connectivity index (χ3v) is 3.51. The largest absolute Gasteiger partial charge is 0.493 e. The molecule has 1 aliphatic rings. The highest BCUT2D eigenvalue weighted by atomic mass is 16.5. The molecule has 1 aromatic carbocycles. The van der Waals surface area contributed by atoms with Crippen molar-refractivity contribution in [2.75, 3.05) is 38.8 Å². The van der Waals surface area contributed by atoms with Gasteiger partial charge in [0.15, 0.2) is 11.5 Å². The first-order valence-corrected chi connectivity index (χ1v) is 7.61. The number of nitrogens with one attached hydrogen (secondary N) is 2. The average Bonchev–Trinajstić information content (AvgIpc) is 2.50. The van der Waals surface area contributed by atoms with Crippen LogP contribution in [0.2, 0.25) is 0 Å². The van der Waals surface area contributed by atoms with Crippen LogP contribution in [0, 0.1) is 0 Å². The van der Waals surface area contributed by atoms with Crippen molar-refractivity contribution in [1.29, 1.82) is 0 Å². The van der Waals surface area contributed by atoms with Gasteiger partial charge in [0.2, 0.25) is 0 Å². The van der Waals surface area contributed by atoms with Gasteiger partial charge in [-0.1, -0.05) is 0 Å². The molecule has 0 aromatic heterocycles. The summed E-state index contributed by atoms with van der Waals surface area (Å²) in [5.74, 6) is 1.54. The Kier molecular flexibility index (Phi) is 6.14. The van der Waals surface area contributed by atoms with Crippen LogP contribution < -0.4 is 20.1 Å². The van der Waals surface area contributed by atoms with Crippen molar-refractivity contribution in [1.82, 2.24) is 5.32 Å². The summed E-state index contributed by atoms with van der Waals surface area (Å²) in [4.78, 5) is 0. The molecule has 2 rings (SSSR count). The molecule has 118 valence electrons. The maximum Gasteiger partial charge on any atom is 0.162 e. The van der Waals surface area contributed by atoms with Crippen LogP contribution in [0.3, 0.4) is 0 Å². The van der Waals surface area contributed by atoms with Gasteiger partial charge in [-0.2, -0.15) is 0 Å². The lowest BCUT2D eigenvalue weighted by molar-refractivity contribution is 0.0731. The lowest BCUT2D eigenvalue weighted by Gasteiger charge is -2.27. The molecule has 0 spiro atoms. The molecule has 5 heteroatoms. The van der Waals surface area contributed by atoms with Crippen LogP contribution in [0.4, 0.5) is 5.69 Å². The minimum atomic E-state index is 0.354. The Morgan fingerprint density at radius 3 is 2.95 bits per heavy atom. The average molecular weight is 294 g/mol. The van der Waals surface area contributed by atoms with Gasteiger partial charge in [0, 0.05) is 30.4 Å². The molecule has 1 fully saturated rings. The maximum atomic E-state index is 5.53. The molecular weight excluding hydrogens is 268 g/mol. The fourth-order valence-corrected chi connectivity index (χ4v) is 2.57. The Morgan fingerprint density at radius 1 is 1.43 bits per heavy atom. The van der Waals surface area contributed by atoms with Crippen molar-refractivity contribution < 1.29 is 14.2 Å². The molecule has 2 unspecified atom stereocenters. The molecular formula is C16H26N2O3. The van der Waals surface area contributed by atoms with Gasteiger partial charge in [0.1, 0.15) is 0 Å². The molecule has 0 radical (unpaired) electrons. The van der Waals surface area contributed by atoms with Crippen LogP contribution in [0.5, 0.6) is 11.5 Å². The Bertz CT molecular complexity index is 434. The highest BCUT2D eigenvalue weighted by molar-refractivity contribution is 5.55. The Hall–Kier alpha value is -1.46. The summed E-state index contributed by atoms with van der Waals surface area (Å²) in [6.45, 7) is 7.32. The Balaban J connectivity index is 1.91. The molecule has 0 bridgehead atoms. The predicted molar refractivity (Wildman–Crippen MR) is 84.5 cm³/mol. The van der Waals surface area contributed by atoms with E-state index in [0.29, 0.717) is 18.7 Å². The quantitative estimate of drug-likeness (QED) is 0.808. The van der Waals surface area contributed by atoms with E-state index in [4.69, 9.17) is 14.2 Å². The summed E-state index contributed by atoms with van der Waals surface area (Å²) in [7, 11) is 1.66. The lowest BCUT2D eigenvalue weighted by atomic mass is 10.1. The summed E-state index contributed by atoms with van der Waals surface area (Å²) in [6.07, 6.45) is 1.02. The summed E-state index contributed by atoms with van der Waals surface area (Å²) < 4.78 is 16.4. The Morgan fingerprint density at radius 2 is 2.29 bits per heavy atom. The molecule has 2 N–H and O–H groups in total. The van der Waals surface area contributed by atoms with Gasteiger partial charge in [-0.3, -0.25) is 0 Å². The van der Waals surface area contributed by atoms with E-state index in [0.717, 1.165) is 43.4 Å². The third kappa shape index (κ3) is 4.79. The number of hydrogen-bond donors (Lipinski definition) is 2. The zero-order chi connectivity index (χ0) is 15.1. The summed E-state index contributed by atoms with van der Waals surface area (Å²) in [6, 6.07) is 6.72. The zero-order valence-electron chi connectivity index (χ0n) is 13.1. The van der Waals surface area contributed by atoms with Crippen LogP contribution in [-0.2, 0) is 4.74 Å². The van der Waals surface area contributed by atoms with E-state index in [2.05, 4.69) is 17.6 Å². The lowest BCUT2D eigenvalue weighted by Crippen LogP contribution is -2.43. The highest BCUT2D eigenvalue weighted by Crippen LogP contribution is 2.30. The number of rotatable bonds is 7. The van der Waals surface area contributed by atoms with Crippen LogP contribution in [0.1, 0.15) is 20.3 Å². The molecule has 2 atom stereocenters. The fraction of sp³-hybridized carbons (Fsp3) is 0.625. The van der Waals surface area contributed by atoms with E-state index < -0.39 is 0 Å². The zero-order valence-corrected chi connectivity index (χ0v) is 13.1. The molecule has 1 aromatic rings. The van der Waals surface area contributed by atoms with Gasteiger partial charge < -0.3 is 24.8 Å². The van der Waals surface area contributed by atoms with Crippen LogP contribution >= 0.6 is 0 Å². The van der Waals surface area contributed by atoms with Crippen molar-refractivity contribution >= 4 is 5.69 Å². The van der Waals surface area contributed by atoms with Gasteiger partial charge in [-0.15, -0.1) is 0 Å². The number of hydrogen-bond acceptors (Lipinski definition) is 5. The van der Waals surface area contributed by atoms with E-state index in [9.17, 15) is 0 Å².